The van der Waals surface area contributed by atoms with Crippen molar-refractivity contribution < 1.29 is 9.47 Å². The van der Waals surface area contributed by atoms with Crippen molar-refractivity contribution in [3.05, 3.63) is 81.2 Å². The van der Waals surface area contributed by atoms with E-state index in [9.17, 15) is 4.79 Å². The highest BCUT2D eigenvalue weighted by Crippen LogP contribution is 2.36. The zero-order valence-corrected chi connectivity index (χ0v) is 18.8. The van der Waals surface area contributed by atoms with Crippen LogP contribution in [0.15, 0.2) is 69.4 Å². The molecule has 2 aromatic carbocycles. The monoisotopic (exact) mass is 469 g/mol. The Morgan fingerprint density at radius 2 is 1.93 bits per heavy atom. The fourth-order valence-electron chi connectivity index (χ4n) is 3.05. The molecule has 1 heterocycles. The van der Waals surface area contributed by atoms with E-state index in [1.807, 2.05) is 63.4 Å². The Kier molecular flexibility index (Phi) is 6.95. The molecule has 0 saturated heterocycles. The van der Waals surface area contributed by atoms with E-state index < -0.39 is 0 Å². The van der Waals surface area contributed by atoms with E-state index in [4.69, 9.17) is 9.47 Å². The summed E-state index contributed by atoms with van der Waals surface area (Å²) in [5.41, 5.74) is 2.56. The number of hydrogen-bond donors (Lipinski definition) is 0. The summed E-state index contributed by atoms with van der Waals surface area (Å²) in [4.78, 5) is 17.5. The molecule has 0 amide bonds. The molecule has 0 spiro atoms. The third-order valence-corrected chi connectivity index (χ3v) is 5.13. The molecule has 3 aromatic rings. The van der Waals surface area contributed by atoms with E-state index in [1.54, 1.807) is 21.7 Å². The number of ether oxygens (including phenoxy) is 2. The molecule has 6 nitrogen and oxygen atoms in total. The second kappa shape index (κ2) is 9.63. The van der Waals surface area contributed by atoms with Crippen molar-refractivity contribution in [2.75, 3.05) is 13.2 Å². The Labute approximate surface area is 184 Å². The maximum absolute atomic E-state index is 13.0. The van der Waals surface area contributed by atoms with Crippen molar-refractivity contribution in [1.82, 2.24) is 9.36 Å². The molecule has 0 N–H and O–H groups in total. The molecule has 0 saturated carbocycles. The first-order chi connectivity index (χ1) is 14.5. The van der Waals surface area contributed by atoms with Crippen LogP contribution in [-0.4, -0.2) is 28.8 Å². The molecular weight excluding hydrogens is 446 g/mol. The molecule has 156 valence electrons. The van der Waals surface area contributed by atoms with Crippen molar-refractivity contribution in [1.29, 1.82) is 0 Å². The number of nitrogens with zero attached hydrogens (tertiary/aromatic N) is 3. The Morgan fingerprint density at radius 1 is 1.20 bits per heavy atom. The minimum absolute atomic E-state index is 0.174. The Hall–Kier alpha value is -3.06. The number of para-hydroxylation sites is 1. The SMILES string of the molecule is C=CCOc1c(Br)cc(C=Nc2c(C)n(C)n(-c3ccccc3)c2=O)cc1OCC. The fourth-order valence-corrected chi connectivity index (χ4v) is 3.62. The third-order valence-electron chi connectivity index (χ3n) is 4.54. The second-order valence-electron chi connectivity index (χ2n) is 6.53. The van der Waals surface area contributed by atoms with E-state index in [1.165, 1.54) is 0 Å². The smallest absolute Gasteiger partial charge is 0.297 e. The molecule has 30 heavy (non-hydrogen) atoms. The van der Waals surface area contributed by atoms with Crippen molar-refractivity contribution in [3.63, 3.8) is 0 Å². The van der Waals surface area contributed by atoms with Gasteiger partial charge in [0.05, 0.1) is 22.5 Å². The van der Waals surface area contributed by atoms with Crippen LogP contribution in [0.1, 0.15) is 18.2 Å². The van der Waals surface area contributed by atoms with Gasteiger partial charge in [-0.25, -0.2) is 9.67 Å². The number of aliphatic imine (C=N–C) groups is 1. The van der Waals surface area contributed by atoms with Gasteiger partial charge in [-0.1, -0.05) is 30.9 Å². The van der Waals surface area contributed by atoms with Gasteiger partial charge in [-0.2, -0.15) is 0 Å². The number of aromatic nitrogens is 2. The summed E-state index contributed by atoms with van der Waals surface area (Å²) in [6.45, 7) is 8.32. The van der Waals surface area contributed by atoms with Crippen molar-refractivity contribution in [2.24, 2.45) is 12.0 Å². The maximum atomic E-state index is 13.0. The average Bonchev–Trinajstić information content (AvgIpc) is 2.95. The van der Waals surface area contributed by atoms with Crippen LogP contribution >= 0.6 is 15.9 Å². The van der Waals surface area contributed by atoms with Gasteiger partial charge in [0, 0.05) is 13.3 Å². The first kappa shape index (κ1) is 21.6. The molecule has 0 bridgehead atoms. The van der Waals surface area contributed by atoms with Gasteiger partial charge >= 0.3 is 0 Å². The highest BCUT2D eigenvalue weighted by Gasteiger charge is 2.16. The number of rotatable bonds is 8. The van der Waals surface area contributed by atoms with E-state index in [-0.39, 0.29) is 5.56 Å². The third kappa shape index (κ3) is 4.41. The fraction of sp³-hybridized carbons (Fsp3) is 0.217. The molecule has 0 aliphatic rings. The molecular formula is C23H24BrN3O3. The number of benzene rings is 2. The van der Waals surface area contributed by atoms with Gasteiger partial charge in [0.25, 0.3) is 5.56 Å². The summed E-state index contributed by atoms with van der Waals surface area (Å²) in [5.74, 6) is 1.21. The van der Waals surface area contributed by atoms with Crippen LogP contribution < -0.4 is 15.0 Å². The second-order valence-corrected chi connectivity index (χ2v) is 7.39. The van der Waals surface area contributed by atoms with Crippen LogP contribution in [0.5, 0.6) is 11.5 Å². The standard InChI is InChI=1S/C23H24BrN3O3/c1-5-12-30-22-19(24)13-17(14-20(22)29-6-2)15-25-21-16(3)26(4)27(23(21)28)18-10-8-7-9-11-18/h5,7-11,13-15H,1,6,12H2,2-4H3. The van der Waals surface area contributed by atoms with Crippen LogP contribution in [0, 0.1) is 6.92 Å². The first-order valence-electron chi connectivity index (χ1n) is 9.56. The average molecular weight is 470 g/mol. The van der Waals surface area contributed by atoms with Crippen LogP contribution in [-0.2, 0) is 7.05 Å². The van der Waals surface area contributed by atoms with E-state index in [2.05, 4.69) is 27.5 Å². The van der Waals surface area contributed by atoms with Crippen LogP contribution in [0.4, 0.5) is 5.69 Å². The summed E-state index contributed by atoms with van der Waals surface area (Å²) in [6.07, 6.45) is 3.33. The highest BCUT2D eigenvalue weighted by atomic mass is 79.9. The lowest BCUT2D eigenvalue weighted by atomic mass is 10.2. The zero-order chi connectivity index (χ0) is 21.7. The summed E-state index contributed by atoms with van der Waals surface area (Å²) in [6, 6.07) is 13.2. The van der Waals surface area contributed by atoms with Crippen LogP contribution in [0.2, 0.25) is 0 Å². The van der Waals surface area contributed by atoms with Gasteiger partial charge < -0.3 is 9.47 Å². The van der Waals surface area contributed by atoms with Gasteiger partial charge in [0.1, 0.15) is 6.61 Å². The lowest BCUT2D eigenvalue weighted by molar-refractivity contribution is 0.295. The minimum Gasteiger partial charge on any atom is -0.490 e. The summed E-state index contributed by atoms with van der Waals surface area (Å²) in [7, 11) is 1.85. The molecule has 0 atom stereocenters. The van der Waals surface area contributed by atoms with Crippen molar-refractivity contribution in [2.45, 2.75) is 13.8 Å². The first-order valence-corrected chi connectivity index (χ1v) is 10.3. The van der Waals surface area contributed by atoms with E-state index >= 15 is 0 Å². The maximum Gasteiger partial charge on any atom is 0.297 e. The predicted octanol–water partition coefficient (Wildman–Crippen LogP) is 4.96. The molecule has 0 aliphatic heterocycles. The van der Waals surface area contributed by atoms with Gasteiger partial charge in [0.2, 0.25) is 0 Å². The van der Waals surface area contributed by atoms with Gasteiger partial charge in [0.15, 0.2) is 17.2 Å². The Morgan fingerprint density at radius 3 is 2.60 bits per heavy atom. The predicted molar refractivity (Wildman–Crippen MR) is 124 cm³/mol. The molecule has 0 fully saturated rings. The zero-order valence-electron chi connectivity index (χ0n) is 17.3. The topological polar surface area (TPSA) is 57.8 Å². The number of halogens is 1. The van der Waals surface area contributed by atoms with E-state index in [0.717, 1.165) is 21.4 Å². The van der Waals surface area contributed by atoms with Gasteiger partial charge in [-0.15, -0.1) is 0 Å². The summed E-state index contributed by atoms with van der Waals surface area (Å²) >= 11 is 3.53. The Bertz CT molecular complexity index is 1130. The lowest BCUT2D eigenvalue weighted by Gasteiger charge is -2.13. The minimum atomic E-state index is -0.174. The molecule has 0 aliphatic carbocycles. The van der Waals surface area contributed by atoms with E-state index in [0.29, 0.717) is 30.4 Å². The molecule has 1 aromatic heterocycles. The molecule has 0 unspecified atom stereocenters. The normalized spacial score (nSPS) is 11.1. The van der Waals surface area contributed by atoms with Crippen molar-refractivity contribution in [3.8, 4) is 17.2 Å². The number of hydrogen-bond acceptors (Lipinski definition) is 4. The molecule has 0 radical (unpaired) electrons. The quantitative estimate of drug-likeness (QED) is 0.346. The summed E-state index contributed by atoms with van der Waals surface area (Å²) in [5, 5.41) is 0. The van der Waals surface area contributed by atoms with Crippen LogP contribution in [0.25, 0.3) is 5.69 Å². The van der Waals surface area contributed by atoms with Gasteiger partial charge in [-0.3, -0.25) is 9.48 Å². The van der Waals surface area contributed by atoms with Gasteiger partial charge in [-0.05, 0) is 59.6 Å². The van der Waals surface area contributed by atoms with Crippen molar-refractivity contribution >= 4 is 27.8 Å². The lowest BCUT2D eigenvalue weighted by Crippen LogP contribution is -2.19. The van der Waals surface area contributed by atoms with Crippen LogP contribution in [0.3, 0.4) is 0 Å². The largest absolute Gasteiger partial charge is 0.490 e. The Balaban J connectivity index is 2.00. The highest BCUT2D eigenvalue weighted by molar-refractivity contribution is 9.10. The summed E-state index contributed by atoms with van der Waals surface area (Å²) < 4.78 is 15.6. The molecule has 7 heteroatoms. The molecule has 3 rings (SSSR count).